The van der Waals surface area contributed by atoms with E-state index in [-0.39, 0.29) is 36.4 Å². The average molecular weight is 272 g/mol. The molecule has 0 bridgehead atoms. The van der Waals surface area contributed by atoms with Crippen molar-refractivity contribution in [3.05, 3.63) is 0 Å². The predicted molar refractivity (Wildman–Crippen MR) is 67.6 cm³/mol. The van der Waals surface area contributed by atoms with E-state index in [1.54, 1.807) is 7.11 Å². The van der Waals surface area contributed by atoms with Gasteiger partial charge in [0.1, 0.15) is 18.3 Å². The van der Waals surface area contributed by atoms with Gasteiger partial charge in [-0.2, -0.15) is 0 Å². The van der Waals surface area contributed by atoms with Crippen molar-refractivity contribution in [1.29, 1.82) is 0 Å². The first-order chi connectivity index (χ1) is 8.74. The van der Waals surface area contributed by atoms with Gasteiger partial charge in [-0.15, -0.1) is 0 Å². The molecule has 3 fully saturated rings. The van der Waals surface area contributed by atoms with Crippen molar-refractivity contribution in [1.82, 2.24) is 0 Å². The molecule has 3 rings (SSSR count). The summed E-state index contributed by atoms with van der Waals surface area (Å²) in [6, 6.07) is 0. The minimum Gasteiger partial charge on any atom is -0.376 e. The molecule has 2 aliphatic heterocycles. The zero-order chi connectivity index (χ0) is 14.0. The van der Waals surface area contributed by atoms with Crippen LogP contribution in [0, 0.1) is 5.92 Å². The molecule has 5 nitrogen and oxygen atoms in total. The number of ether oxygens (including phenoxy) is 5. The van der Waals surface area contributed by atoms with Gasteiger partial charge in [0.25, 0.3) is 0 Å². The first-order valence-electron chi connectivity index (χ1n) is 6.98. The van der Waals surface area contributed by atoms with Gasteiger partial charge in [0.05, 0.1) is 12.2 Å². The maximum Gasteiger partial charge on any atom is 0.163 e. The lowest BCUT2D eigenvalue weighted by Crippen LogP contribution is -2.58. The summed E-state index contributed by atoms with van der Waals surface area (Å²) < 4.78 is 29.8. The van der Waals surface area contributed by atoms with Crippen LogP contribution in [0.4, 0.5) is 0 Å². The van der Waals surface area contributed by atoms with E-state index in [1.165, 1.54) is 0 Å². The van der Waals surface area contributed by atoms with Crippen LogP contribution < -0.4 is 0 Å². The van der Waals surface area contributed by atoms with Gasteiger partial charge in [-0.25, -0.2) is 0 Å². The highest BCUT2D eigenvalue weighted by Gasteiger charge is 2.62. The molecule has 0 N–H and O–H groups in total. The molecule has 0 aromatic rings. The molecule has 110 valence electrons. The summed E-state index contributed by atoms with van der Waals surface area (Å²) in [4.78, 5) is 0. The second-order valence-corrected chi connectivity index (χ2v) is 6.69. The topological polar surface area (TPSA) is 46.2 Å². The summed E-state index contributed by atoms with van der Waals surface area (Å²) in [6.45, 7) is 9.88. The minimum atomic E-state index is -0.575. The maximum absolute atomic E-state index is 6.04. The second-order valence-electron chi connectivity index (χ2n) is 6.69. The molecule has 5 heteroatoms. The fourth-order valence-electron chi connectivity index (χ4n) is 3.60. The third-order valence-corrected chi connectivity index (χ3v) is 4.28. The first kappa shape index (κ1) is 13.8. The van der Waals surface area contributed by atoms with Crippen LogP contribution in [0.5, 0.6) is 0 Å². The van der Waals surface area contributed by atoms with Gasteiger partial charge >= 0.3 is 0 Å². The van der Waals surface area contributed by atoms with E-state index >= 15 is 0 Å². The molecule has 3 aliphatic rings. The molecule has 6 atom stereocenters. The third-order valence-electron chi connectivity index (χ3n) is 4.28. The third kappa shape index (κ3) is 2.12. The van der Waals surface area contributed by atoms with Crippen LogP contribution in [0.2, 0.25) is 0 Å². The van der Waals surface area contributed by atoms with Gasteiger partial charge in [-0.1, -0.05) is 6.92 Å². The fourth-order valence-corrected chi connectivity index (χ4v) is 3.60. The summed E-state index contributed by atoms with van der Waals surface area (Å²) in [5, 5.41) is 0. The number of methoxy groups -OCH3 is 1. The van der Waals surface area contributed by atoms with Crippen molar-refractivity contribution in [2.45, 2.75) is 76.7 Å². The van der Waals surface area contributed by atoms with Gasteiger partial charge in [0.2, 0.25) is 0 Å². The minimum absolute atomic E-state index is 0.0151. The monoisotopic (exact) mass is 272 g/mol. The van der Waals surface area contributed by atoms with Crippen LogP contribution in [0.15, 0.2) is 0 Å². The highest BCUT2D eigenvalue weighted by molar-refractivity contribution is 5.06. The van der Waals surface area contributed by atoms with E-state index in [0.29, 0.717) is 0 Å². The Balaban J connectivity index is 1.91. The van der Waals surface area contributed by atoms with Crippen LogP contribution >= 0.6 is 0 Å². The Hall–Kier alpha value is -0.200. The second kappa shape index (κ2) is 4.15. The van der Waals surface area contributed by atoms with E-state index in [2.05, 4.69) is 6.92 Å². The molecular weight excluding hydrogens is 248 g/mol. The average Bonchev–Trinajstić information content (AvgIpc) is 2.76. The highest BCUT2D eigenvalue weighted by Crippen LogP contribution is 2.47. The predicted octanol–water partition coefficient (Wildman–Crippen LogP) is 1.69. The van der Waals surface area contributed by atoms with E-state index < -0.39 is 11.6 Å². The van der Waals surface area contributed by atoms with E-state index in [9.17, 15) is 0 Å². The molecule has 0 spiro atoms. The molecular formula is C14H24O5. The summed E-state index contributed by atoms with van der Waals surface area (Å²) in [7, 11) is 1.69. The van der Waals surface area contributed by atoms with Crippen LogP contribution in [0.3, 0.4) is 0 Å². The highest BCUT2D eigenvalue weighted by atomic mass is 16.8. The normalized spacial score (nSPS) is 50.8. The Morgan fingerprint density at radius 2 is 1.11 bits per heavy atom. The number of fused-ring (bicyclic) bond motifs is 2. The quantitative estimate of drug-likeness (QED) is 0.727. The zero-order valence-corrected chi connectivity index (χ0v) is 12.5. The van der Waals surface area contributed by atoms with Crippen molar-refractivity contribution in [2.24, 2.45) is 5.92 Å². The SMILES string of the molecule is COC1[C@@H]2OC(C)(C)O[C@@H]2C(C)[C@@H]2OC(C)(C)O[C@@H]12. The Kier molecular flexibility index (Phi) is 3.01. The fraction of sp³-hybridized carbons (Fsp3) is 1.00. The molecule has 2 saturated heterocycles. The first-order valence-corrected chi connectivity index (χ1v) is 6.98. The van der Waals surface area contributed by atoms with Gasteiger partial charge in [-0.05, 0) is 27.7 Å². The van der Waals surface area contributed by atoms with E-state index in [0.717, 1.165) is 0 Å². The molecule has 0 aromatic carbocycles. The number of hydrogen-bond donors (Lipinski definition) is 0. The molecule has 1 saturated carbocycles. The Morgan fingerprint density at radius 1 is 0.737 bits per heavy atom. The van der Waals surface area contributed by atoms with Gasteiger partial charge in [-0.3, -0.25) is 0 Å². The standard InChI is InChI=1S/C14H24O5/c1-7-8-11(18-13(2,3)16-8)10(15-6)12-9(7)17-14(4,5)19-12/h7-12H,1-6H3/t7?,8-,9+,10?,11-,12-/m1/s1. The Morgan fingerprint density at radius 3 is 1.47 bits per heavy atom. The largest absolute Gasteiger partial charge is 0.376 e. The van der Waals surface area contributed by atoms with Crippen LogP contribution in [0.25, 0.3) is 0 Å². The van der Waals surface area contributed by atoms with Gasteiger partial charge in [0, 0.05) is 13.0 Å². The molecule has 0 aromatic heterocycles. The molecule has 0 amide bonds. The number of rotatable bonds is 1. The summed E-state index contributed by atoms with van der Waals surface area (Å²) >= 11 is 0. The van der Waals surface area contributed by atoms with Gasteiger partial charge < -0.3 is 23.7 Å². The zero-order valence-electron chi connectivity index (χ0n) is 12.5. The number of hydrogen-bond acceptors (Lipinski definition) is 5. The molecule has 2 heterocycles. The lowest BCUT2D eigenvalue weighted by Gasteiger charge is -2.40. The van der Waals surface area contributed by atoms with Crippen LogP contribution in [-0.2, 0) is 23.7 Å². The van der Waals surface area contributed by atoms with E-state index in [4.69, 9.17) is 23.7 Å². The van der Waals surface area contributed by atoms with Crippen molar-refractivity contribution >= 4 is 0 Å². The molecule has 1 aliphatic carbocycles. The summed E-state index contributed by atoms with van der Waals surface area (Å²) in [5.74, 6) is -0.937. The van der Waals surface area contributed by atoms with Crippen molar-refractivity contribution in [3.63, 3.8) is 0 Å². The van der Waals surface area contributed by atoms with Crippen molar-refractivity contribution in [3.8, 4) is 0 Å². The van der Waals surface area contributed by atoms with E-state index in [1.807, 2.05) is 27.7 Å². The summed E-state index contributed by atoms with van der Waals surface area (Å²) in [5.41, 5.74) is 0. The van der Waals surface area contributed by atoms with Crippen LogP contribution in [-0.4, -0.2) is 49.2 Å². The van der Waals surface area contributed by atoms with Gasteiger partial charge in [0.15, 0.2) is 11.6 Å². The summed E-state index contributed by atoms with van der Waals surface area (Å²) in [6.07, 6.45) is -0.394. The lowest BCUT2D eigenvalue weighted by atomic mass is 9.79. The Bertz CT molecular complexity index is 335. The Labute approximate surface area is 114 Å². The molecule has 2 unspecified atom stereocenters. The maximum atomic E-state index is 6.04. The smallest absolute Gasteiger partial charge is 0.163 e. The molecule has 0 radical (unpaired) electrons. The van der Waals surface area contributed by atoms with Crippen molar-refractivity contribution in [2.75, 3.05) is 7.11 Å². The lowest BCUT2D eigenvalue weighted by molar-refractivity contribution is -0.184. The van der Waals surface area contributed by atoms with Crippen molar-refractivity contribution < 1.29 is 23.7 Å². The van der Waals surface area contributed by atoms with Crippen LogP contribution in [0.1, 0.15) is 34.6 Å². The molecule has 19 heavy (non-hydrogen) atoms.